The zero-order chi connectivity index (χ0) is 6.97. The molecule has 2 heterocycles. The van der Waals surface area contributed by atoms with Gasteiger partial charge in [-0.1, -0.05) is 0 Å². The summed E-state index contributed by atoms with van der Waals surface area (Å²) in [5.41, 5.74) is 7.63. The summed E-state index contributed by atoms with van der Waals surface area (Å²) in [6.45, 7) is 0.735. The van der Waals surface area contributed by atoms with Gasteiger partial charge in [0, 0.05) is 18.0 Å². The van der Waals surface area contributed by atoms with E-state index < -0.39 is 0 Å². The SMILES string of the molecule is Cl.Cl.NC1N=CC2=C(C=NC2)N1. The van der Waals surface area contributed by atoms with Gasteiger partial charge in [0.15, 0.2) is 6.29 Å². The van der Waals surface area contributed by atoms with E-state index in [1.807, 2.05) is 0 Å². The first-order valence-electron chi connectivity index (χ1n) is 3.14. The van der Waals surface area contributed by atoms with E-state index >= 15 is 0 Å². The molecule has 0 radical (unpaired) electrons. The Labute approximate surface area is 82.8 Å². The summed E-state index contributed by atoms with van der Waals surface area (Å²) >= 11 is 0. The van der Waals surface area contributed by atoms with Gasteiger partial charge in [-0.2, -0.15) is 0 Å². The zero-order valence-corrected chi connectivity index (χ0v) is 7.86. The first-order chi connectivity index (χ1) is 4.86. The fourth-order valence-electron chi connectivity index (χ4n) is 1.01. The van der Waals surface area contributed by atoms with E-state index in [4.69, 9.17) is 5.73 Å². The largest absolute Gasteiger partial charge is 0.350 e. The molecular formula is C6H10Cl2N4. The van der Waals surface area contributed by atoms with Gasteiger partial charge in [-0.15, -0.1) is 24.8 Å². The van der Waals surface area contributed by atoms with E-state index in [0.717, 1.165) is 17.8 Å². The van der Waals surface area contributed by atoms with E-state index in [0.29, 0.717) is 0 Å². The number of hydrogen-bond donors (Lipinski definition) is 2. The normalized spacial score (nSPS) is 23.9. The predicted octanol–water partition coefficient (Wildman–Crippen LogP) is 0.0848. The molecule has 0 spiro atoms. The molecule has 0 saturated carbocycles. The molecule has 4 nitrogen and oxygen atoms in total. The van der Waals surface area contributed by atoms with E-state index in [2.05, 4.69) is 15.3 Å². The van der Waals surface area contributed by atoms with Crippen molar-refractivity contribution >= 4 is 37.2 Å². The van der Waals surface area contributed by atoms with Crippen molar-refractivity contribution in [2.45, 2.75) is 6.29 Å². The minimum Gasteiger partial charge on any atom is -0.350 e. The monoisotopic (exact) mass is 208 g/mol. The second kappa shape index (κ2) is 4.45. The highest BCUT2D eigenvalue weighted by Crippen LogP contribution is 2.08. The van der Waals surface area contributed by atoms with E-state index in [9.17, 15) is 0 Å². The predicted molar refractivity (Wildman–Crippen MR) is 54.5 cm³/mol. The smallest absolute Gasteiger partial charge is 0.171 e. The molecule has 1 unspecified atom stereocenters. The van der Waals surface area contributed by atoms with Crippen LogP contribution < -0.4 is 11.1 Å². The molecule has 2 aliphatic heterocycles. The fourth-order valence-corrected chi connectivity index (χ4v) is 1.01. The second-order valence-electron chi connectivity index (χ2n) is 2.28. The zero-order valence-electron chi connectivity index (χ0n) is 6.23. The first kappa shape index (κ1) is 11.4. The lowest BCUT2D eigenvalue weighted by molar-refractivity contribution is 0.625. The van der Waals surface area contributed by atoms with Crippen LogP contribution in [0.1, 0.15) is 0 Å². The third-order valence-electron chi connectivity index (χ3n) is 1.52. The van der Waals surface area contributed by atoms with Gasteiger partial charge in [-0.25, -0.2) is 0 Å². The maximum atomic E-state index is 5.49. The summed E-state index contributed by atoms with van der Waals surface area (Å²) in [6.07, 6.45) is 3.28. The van der Waals surface area contributed by atoms with Gasteiger partial charge in [0.1, 0.15) is 0 Å². The van der Waals surface area contributed by atoms with E-state index in [1.165, 1.54) is 0 Å². The summed E-state index contributed by atoms with van der Waals surface area (Å²) in [7, 11) is 0. The summed E-state index contributed by atoms with van der Waals surface area (Å²) in [6, 6.07) is 0. The van der Waals surface area contributed by atoms with Crippen LogP contribution in [-0.2, 0) is 0 Å². The standard InChI is InChI=1S/C6H8N4.2ClH/c7-6-9-2-4-1-8-3-5(4)10-6;;/h2-3,6,10H,1,7H2;2*1H. The molecule has 0 amide bonds. The van der Waals surface area contributed by atoms with Gasteiger partial charge in [0.2, 0.25) is 0 Å². The Balaban J connectivity index is 0.000000605. The molecule has 0 aliphatic carbocycles. The van der Waals surface area contributed by atoms with Crippen molar-refractivity contribution in [3.05, 3.63) is 11.3 Å². The fraction of sp³-hybridized carbons (Fsp3) is 0.333. The molecule has 6 heteroatoms. The van der Waals surface area contributed by atoms with Crippen LogP contribution in [0.15, 0.2) is 21.3 Å². The molecule has 0 fully saturated rings. The minimum atomic E-state index is -0.289. The van der Waals surface area contributed by atoms with Crippen LogP contribution in [0.2, 0.25) is 0 Å². The average molecular weight is 209 g/mol. The number of nitrogens with one attached hydrogen (secondary N) is 1. The van der Waals surface area contributed by atoms with Gasteiger partial charge in [-0.3, -0.25) is 15.7 Å². The number of rotatable bonds is 0. The van der Waals surface area contributed by atoms with Crippen LogP contribution in [0.25, 0.3) is 0 Å². The first-order valence-corrected chi connectivity index (χ1v) is 3.14. The molecule has 0 saturated heterocycles. The third kappa shape index (κ3) is 1.97. The number of nitrogens with two attached hydrogens (primary N) is 1. The molecule has 0 aromatic heterocycles. The van der Waals surface area contributed by atoms with Crippen LogP contribution in [0.3, 0.4) is 0 Å². The summed E-state index contributed by atoms with van der Waals surface area (Å²) in [5, 5.41) is 2.99. The van der Waals surface area contributed by atoms with Crippen LogP contribution in [-0.4, -0.2) is 25.3 Å². The topological polar surface area (TPSA) is 62.8 Å². The molecule has 68 valence electrons. The minimum absolute atomic E-state index is 0. The van der Waals surface area contributed by atoms with E-state index in [-0.39, 0.29) is 31.1 Å². The molecule has 3 N–H and O–H groups in total. The van der Waals surface area contributed by atoms with Gasteiger partial charge in [-0.05, 0) is 0 Å². The van der Waals surface area contributed by atoms with Crippen molar-refractivity contribution in [2.24, 2.45) is 15.7 Å². The van der Waals surface area contributed by atoms with Crippen LogP contribution in [0, 0.1) is 0 Å². The number of halogens is 2. The van der Waals surface area contributed by atoms with Crippen LogP contribution in [0.5, 0.6) is 0 Å². The molecular weight excluding hydrogens is 199 g/mol. The molecule has 1 atom stereocenters. The lowest BCUT2D eigenvalue weighted by Crippen LogP contribution is -2.38. The van der Waals surface area contributed by atoms with Gasteiger partial charge >= 0.3 is 0 Å². The van der Waals surface area contributed by atoms with Crippen LogP contribution in [0.4, 0.5) is 0 Å². The number of hydrogen-bond acceptors (Lipinski definition) is 4. The second-order valence-corrected chi connectivity index (χ2v) is 2.28. The maximum absolute atomic E-state index is 5.49. The molecule has 0 aromatic rings. The lowest BCUT2D eigenvalue weighted by Gasteiger charge is -2.14. The van der Waals surface area contributed by atoms with Crippen molar-refractivity contribution in [2.75, 3.05) is 6.54 Å². The summed E-state index contributed by atoms with van der Waals surface area (Å²) in [5.74, 6) is 0. The number of nitrogens with zero attached hydrogens (tertiary/aromatic N) is 2. The highest BCUT2D eigenvalue weighted by atomic mass is 35.5. The molecule has 12 heavy (non-hydrogen) atoms. The van der Waals surface area contributed by atoms with Crippen molar-refractivity contribution in [3.63, 3.8) is 0 Å². The van der Waals surface area contributed by atoms with Crippen LogP contribution >= 0.6 is 24.8 Å². The van der Waals surface area contributed by atoms with Crippen molar-refractivity contribution in [1.82, 2.24) is 5.32 Å². The Hall–Kier alpha value is -0.580. The Morgan fingerprint density at radius 3 is 2.92 bits per heavy atom. The van der Waals surface area contributed by atoms with Gasteiger partial charge < -0.3 is 5.32 Å². The number of allylic oxidation sites excluding steroid dienone is 1. The average Bonchev–Trinajstić information content (AvgIpc) is 2.33. The molecule has 2 aliphatic rings. The van der Waals surface area contributed by atoms with Gasteiger partial charge in [0.25, 0.3) is 0 Å². The Morgan fingerprint density at radius 2 is 2.17 bits per heavy atom. The highest BCUT2D eigenvalue weighted by Gasteiger charge is 2.14. The van der Waals surface area contributed by atoms with Gasteiger partial charge in [0.05, 0.1) is 12.2 Å². The van der Waals surface area contributed by atoms with E-state index in [1.54, 1.807) is 12.4 Å². The van der Waals surface area contributed by atoms with Crippen molar-refractivity contribution in [1.29, 1.82) is 0 Å². The third-order valence-corrected chi connectivity index (χ3v) is 1.52. The summed E-state index contributed by atoms with van der Waals surface area (Å²) in [4.78, 5) is 8.03. The molecule has 2 rings (SSSR count). The number of aliphatic imine (C=N–C) groups is 2. The summed E-state index contributed by atoms with van der Waals surface area (Å²) < 4.78 is 0. The Morgan fingerprint density at radius 1 is 1.42 bits per heavy atom. The molecule has 0 aromatic carbocycles. The lowest BCUT2D eigenvalue weighted by atomic mass is 10.2. The Bertz CT molecular complexity index is 246. The highest BCUT2D eigenvalue weighted by molar-refractivity contribution is 5.95. The Kier molecular flexibility index (Phi) is 4.23. The quantitative estimate of drug-likeness (QED) is 0.593. The maximum Gasteiger partial charge on any atom is 0.171 e. The molecule has 0 bridgehead atoms. The van der Waals surface area contributed by atoms with Crippen molar-refractivity contribution < 1.29 is 0 Å². The van der Waals surface area contributed by atoms with Crippen molar-refractivity contribution in [3.8, 4) is 0 Å².